The molecule has 14 heteroatoms. The maximum Gasteiger partial charge on any atom is 0.410 e. The van der Waals surface area contributed by atoms with Gasteiger partial charge in [-0.2, -0.15) is 0 Å². The SMILES string of the molecule is CC(C)(C)OC(=O)N1CCC(C)(N2CCC(=O)CC2)C1.Cc1ccc(N)c(N)c1.Cc1ccc2[nH]c(=O)n(C3CCN(C4(C)CCN(C(=O)OC(C)(C)C)C4)CC3)c2c1. The lowest BCUT2D eigenvalue weighted by Gasteiger charge is -2.43. The number of anilines is 2. The lowest BCUT2D eigenvalue weighted by molar-refractivity contribution is -0.122. The largest absolute Gasteiger partial charge is 0.444 e. The average Bonchev–Trinajstić information content (AvgIpc) is 3.84. The number of ketones is 1. The van der Waals surface area contributed by atoms with Crippen molar-refractivity contribution >= 4 is 40.4 Å². The zero-order chi connectivity index (χ0) is 43.5. The van der Waals surface area contributed by atoms with E-state index in [-0.39, 0.29) is 35.0 Å². The van der Waals surface area contributed by atoms with E-state index in [0.717, 1.165) is 87.1 Å². The number of aromatic amines is 1. The van der Waals surface area contributed by atoms with Crippen molar-refractivity contribution in [1.29, 1.82) is 0 Å². The first-order valence-electron chi connectivity index (χ1n) is 21.3. The molecule has 2 atom stereocenters. The molecule has 4 aliphatic rings. The fourth-order valence-corrected chi connectivity index (χ4v) is 8.62. The second-order valence-corrected chi connectivity index (χ2v) is 19.5. The van der Waals surface area contributed by atoms with Crippen molar-refractivity contribution in [3.05, 3.63) is 58.0 Å². The highest BCUT2D eigenvalue weighted by molar-refractivity contribution is 5.79. The number of hydrogen-bond donors (Lipinski definition) is 3. The summed E-state index contributed by atoms with van der Waals surface area (Å²) in [5.74, 6) is 0.354. The summed E-state index contributed by atoms with van der Waals surface area (Å²) in [4.78, 5) is 60.0. The van der Waals surface area contributed by atoms with Crippen LogP contribution in [-0.2, 0) is 14.3 Å². The third-order valence-electron chi connectivity index (χ3n) is 12.0. The number of benzene rings is 2. The van der Waals surface area contributed by atoms with E-state index in [2.05, 4.69) is 41.6 Å². The van der Waals surface area contributed by atoms with E-state index >= 15 is 0 Å². The minimum atomic E-state index is -0.473. The number of likely N-dealkylation sites (tertiary alicyclic amines) is 4. The standard InChI is InChI=1S/C23H34N4O3.C15H26N2O3.C7H10N2/c1-16-6-7-18-19(14-16)27(20(28)24-18)17-8-11-26(12-9-17)23(5)10-13-25(15-23)21(29)30-22(2,3)4;1-14(2,3)20-13(19)16-10-7-15(4,11-16)17-8-5-12(18)6-9-17;1-5-2-3-6(8)7(9)4-5/h6-7,14,17H,8-13,15H2,1-5H3,(H,24,28);5-11H2,1-4H3;2-4H,8-9H2,1H3. The third kappa shape index (κ3) is 11.8. The normalized spacial score (nSPS) is 23.4. The Hall–Kier alpha value is -4.56. The molecule has 1 aromatic heterocycles. The van der Waals surface area contributed by atoms with E-state index in [1.165, 1.54) is 0 Å². The molecule has 4 fully saturated rings. The van der Waals surface area contributed by atoms with Crippen LogP contribution in [0.2, 0.25) is 0 Å². The van der Waals surface area contributed by atoms with Crippen molar-refractivity contribution in [1.82, 2.24) is 29.2 Å². The fraction of sp³-hybridized carbons (Fsp3) is 0.644. The number of fused-ring (bicyclic) bond motifs is 1. The van der Waals surface area contributed by atoms with E-state index < -0.39 is 11.2 Å². The molecule has 0 aliphatic carbocycles. The predicted octanol–water partition coefficient (Wildman–Crippen LogP) is 6.88. The third-order valence-corrected chi connectivity index (χ3v) is 12.0. The Kier molecular flexibility index (Phi) is 13.9. The van der Waals surface area contributed by atoms with Gasteiger partial charge in [0.1, 0.15) is 17.0 Å². The van der Waals surface area contributed by atoms with E-state index in [1.807, 2.05) is 88.3 Å². The number of nitrogens with two attached hydrogens (primary N) is 2. The Bertz CT molecular complexity index is 2010. The minimum Gasteiger partial charge on any atom is -0.444 e. The van der Waals surface area contributed by atoms with Crippen molar-refractivity contribution in [2.75, 3.05) is 63.8 Å². The molecule has 0 radical (unpaired) electrons. The van der Waals surface area contributed by atoms with Gasteiger partial charge >= 0.3 is 17.9 Å². The zero-order valence-electron chi connectivity index (χ0n) is 37.3. The van der Waals surface area contributed by atoms with E-state index in [1.54, 1.807) is 4.90 Å². The maximum atomic E-state index is 12.6. The number of piperidine rings is 2. The summed E-state index contributed by atoms with van der Waals surface area (Å²) < 4.78 is 12.9. The molecule has 7 rings (SSSR count). The van der Waals surface area contributed by atoms with Crippen LogP contribution in [0.25, 0.3) is 11.0 Å². The molecule has 14 nitrogen and oxygen atoms in total. The van der Waals surface area contributed by atoms with Crippen molar-refractivity contribution in [3.63, 3.8) is 0 Å². The Labute approximate surface area is 350 Å². The van der Waals surface area contributed by atoms with Crippen LogP contribution in [0.5, 0.6) is 0 Å². The lowest BCUT2D eigenvalue weighted by Crippen LogP contribution is -2.52. The number of nitrogens with one attached hydrogen (secondary N) is 1. The molecule has 0 spiro atoms. The number of aromatic nitrogens is 2. The van der Waals surface area contributed by atoms with Gasteiger partial charge in [-0.15, -0.1) is 0 Å². The Morgan fingerprint density at radius 3 is 1.64 bits per heavy atom. The number of aryl methyl sites for hydroxylation is 2. The summed E-state index contributed by atoms with van der Waals surface area (Å²) in [5, 5.41) is 0. The summed E-state index contributed by atoms with van der Waals surface area (Å²) in [7, 11) is 0. The number of carbonyl (C=O) groups excluding carboxylic acids is 3. The second kappa shape index (κ2) is 18.0. The summed E-state index contributed by atoms with van der Waals surface area (Å²) in [6.07, 6.45) is 4.59. The summed E-state index contributed by atoms with van der Waals surface area (Å²) in [6, 6.07) is 11.9. The van der Waals surface area contributed by atoms with Crippen LogP contribution in [0.15, 0.2) is 41.2 Å². The molecule has 2 unspecified atom stereocenters. The first-order valence-corrected chi connectivity index (χ1v) is 21.3. The van der Waals surface area contributed by atoms with Crippen LogP contribution in [0, 0.1) is 13.8 Å². The molecule has 4 aliphatic heterocycles. The van der Waals surface area contributed by atoms with Gasteiger partial charge in [0.15, 0.2) is 0 Å². The smallest absolute Gasteiger partial charge is 0.410 e. The highest BCUT2D eigenvalue weighted by Gasteiger charge is 2.44. The van der Waals surface area contributed by atoms with Crippen molar-refractivity contribution in [3.8, 4) is 0 Å². The van der Waals surface area contributed by atoms with Gasteiger partial charge in [-0.3, -0.25) is 19.2 Å². The fourth-order valence-electron chi connectivity index (χ4n) is 8.62. The first kappa shape index (κ1) is 45.5. The number of H-pyrrole nitrogens is 1. The van der Waals surface area contributed by atoms with Gasteiger partial charge in [0.05, 0.1) is 22.4 Å². The highest BCUT2D eigenvalue weighted by Crippen LogP contribution is 2.35. The van der Waals surface area contributed by atoms with Gasteiger partial charge in [-0.25, -0.2) is 14.4 Å². The Morgan fingerprint density at radius 2 is 1.17 bits per heavy atom. The van der Waals surface area contributed by atoms with E-state index in [0.29, 0.717) is 43.1 Å². The molecule has 326 valence electrons. The van der Waals surface area contributed by atoms with Crippen molar-refractivity contribution < 1.29 is 23.9 Å². The van der Waals surface area contributed by atoms with Crippen LogP contribution in [-0.4, -0.2) is 122 Å². The zero-order valence-corrected chi connectivity index (χ0v) is 37.3. The number of Topliss-reactive ketones (excluding diaryl/α,β-unsaturated/α-hetero) is 1. The van der Waals surface area contributed by atoms with Crippen LogP contribution >= 0.6 is 0 Å². The molecule has 59 heavy (non-hydrogen) atoms. The van der Waals surface area contributed by atoms with Gasteiger partial charge in [-0.1, -0.05) is 12.1 Å². The van der Waals surface area contributed by atoms with Gasteiger partial charge in [0.2, 0.25) is 0 Å². The number of ether oxygens (including phenoxy) is 2. The molecule has 2 aromatic carbocycles. The molecule has 5 N–H and O–H groups in total. The number of carbonyl (C=O) groups is 3. The summed E-state index contributed by atoms with van der Waals surface area (Å²) in [5.41, 5.74) is 15.5. The average molecular weight is 819 g/mol. The van der Waals surface area contributed by atoms with Crippen molar-refractivity contribution in [2.24, 2.45) is 0 Å². The number of nitrogens with zero attached hydrogens (tertiary/aromatic N) is 5. The molecule has 5 heterocycles. The number of hydrogen-bond acceptors (Lipinski definition) is 10. The van der Waals surface area contributed by atoms with E-state index in [4.69, 9.17) is 20.9 Å². The topological polar surface area (TPSA) is 172 Å². The summed E-state index contributed by atoms with van der Waals surface area (Å²) >= 11 is 0. The number of imidazole rings is 1. The summed E-state index contributed by atoms with van der Waals surface area (Å²) in [6.45, 7) is 26.2. The molecular weight excluding hydrogens is 749 g/mol. The first-order chi connectivity index (χ1) is 27.4. The number of rotatable bonds is 3. The molecule has 3 aromatic rings. The monoisotopic (exact) mass is 819 g/mol. The number of nitrogen functional groups attached to an aromatic ring is 2. The molecule has 4 saturated heterocycles. The number of amides is 2. The molecule has 0 saturated carbocycles. The highest BCUT2D eigenvalue weighted by atomic mass is 16.6. The molecular formula is C45H70N8O6. The maximum absolute atomic E-state index is 12.6. The van der Waals surface area contributed by atoms with Gasteiger partial charge in [0, 0.05) is 82.3 Å². The van der Waals surface area contributed by atoms with Crippen LogP contribution in [0.1, 0.15) is 111 Å². The quantitative estimate of drug-likeness (QED) is 0.237. The lowest BCUT2D eigenvalue weighted by atomic mass is 9.93. The predicted molar refractivity (Wildman–Crippen MR) is 235 cm³/mol. The molecule has 2 amide bonds. The Balaban J connectivity index is 0.000000195. The van der Waals surface area contributed by atoms with Crippen LogP contribution < -0.4 is 17.2 Å². The van der Waals surface area contributed by atoms with Crippen LogP contribution in [0.3, 0.4) is 0 Å². The molecule has 0 bridgehead atoms. The van der Waals surface area contributed by atoms with E-state index in [9.17, 15) is 19.2 Å². The van der Waals surface area contributed by atoms with Gasteiger partial charge in [-0.05, 0) is 130 Å². The van der Waals surface area contributed by atoms with Crippen LogP contribution in [0.4, 0.5) is 21.0 Å². The second-order valence-electron chi connectivity index (χ2n) is 19.5. The Morgan fingerprint density at radius 1 is 0.695 bits per heavy atom. The minimum absolute atomic E-state index is 0.0163. The van der Waals surface area contributed by atoms with Gasteiger partial charge < -0.3 is 35.7 Å². The van der Waals surface area contributed by atoms with Gasteiger partial charge in [0.25, 0.3) is 0 Å². The van der Waals surface area contributed by atoms with Crippen molar-refractivity contribution in [2.45, 2.75) is 136 Å².